The van der Waals surface area contributed by atoms with Gasteiger partial charge in [0.05, 0.1) is 11.6 Å². The third-order valence-electron chi connectivity index (χ3n) is 5.24. The molecule has 2 fully saturated rings. The smallest absolute Gasteiger partial charge is 0.237 e. The predicted molar refractivity (Wildman–Crippen MR) is 84.1 cm³/mol. The summed E-state index contributed by atoms with van der Waals surface area (Å²) in [6.07, 6.45) is 7.63. The number of methoxy groups -OCH3 is 1. The fraction of sp³-hybridized carbons (Fsp3) is 0.938. The second-order valence-corrected chi connectivity index (χ2v) is 6.59. The quantitative estimate of drug-likeness (QED) is 0.774. The van der Waals surface area contributed by atoms with Crippen molar-refractivity contribution < 1.29 is 9.53 Å². The van der Waals surface area contributed by atoms with Gasteiger partial charge in [0.2, 0.25) is 5.91 Å². The minimum absolute atomic E-state index is 0.174. The van der Waals surface area contributed by atoms with Gasteiger partial charge in [-0.25, -0.2) is 0 Å². The Morgan fingerprint density at radius 2 is 2.10 bits per heavy atom. The van der Waals surface area contributed by atoms with Gasteiger partial charge in [0, 0.05) is 26.2 Å². The summed E-state index contributed by atoms with van der Waals surface area (Å²) in [5.74, 6) is -0.174. The van der Waals surface area contributed by atoms with Crippen molar-refractivity contribution in [3.63, 3.8) is 0 Å². The molecular formula is C16H31N3O2. The number of carbonyl (C=O) groups is 1. The molecule has 21 heavy (non-hydrogen) atoms. The second-order valence-electron chi connectivity index (χ2n) is 6.59. The summed E-state index contributed by atoms with van der Waals surface area (Å²) in [6, 6.07) is 0.480. The number of primary amides is 1. The summed E-state index contributed by atoms with van der Waals surface area (Å²) in [5.41, 5.74) is 5.25. The lowest BCUT2D eigenvalue weighted by atomic mass is 9.77. The fourth-order valence-electron chi connectivity index (χ4n) is 3.87. The topological polar surface area (TPSA) is 67.6 Å². The van der Waals surface area contributed by atoms with Gasteiger partial charge in [-0.3, -0.25) is 4.79 Å². The molecule has 2 unspecified atom stereocenters. The first-order valence-corrected chi connectivity index (χ1v) is 8.43. The normalized spacial score (nSPS) is 32.2. The van der Waals surface area contributed by atoms with Crippen molar-refractivity contribution in [3.8, 4) is 0 Å². The lowest BCUT2D eigenvalue weighted by molar-refractivity contribution is -0.127. The summed E-state index contributed by atoms with van der Waals surface area (Å²) in [4.78, 5) is 14.6. The Bertz CT molecular complexity index is 342. The van der Waals surface area contributed by atoms with Crippen molar-refractivity contribution in [1.82, 2.24) is 10.2 Å². The Balaban J connectivity index is 1.97. The van der Waals surface area contributed by atoms with Gasteiger partial charge in [0.25, 0.3) is 0 Å². The molecule has 0 aromatic carbocycles. The molecule has 1 saturated heterocycles. The summed E-state index contributed by atoms with van der Waals surface area (Å²) >= 11 is 0. The lowest BCUT2D eigenvalue weighted by Crippen LogP contribution is -2.61. The summed E-state index contributed by atoms with van der Waals surface area (Å²) < 4.78 is 5.45. The molecule has 3 N–H and O–H groups in total. The maximum atomic E-state index is 12.0. The van der Waals surface area contributed by atoms with E-state index in [1.807, 2.05) is 0 Å². The number of ether oxygens (including phenoxy) is 1. The zero-order valence-corrected chi connectivity index (χ0v) is 13.6. The molecule has 5 nitrogen and oxygen atoms in total. The van der Waals surface area contributed by atoms with E-state index in [2.05, 4.69) is 17.1 Å². The number of likely N-dealkylation sites (tertiary alicyclic amines) is 1. The molecule has 122 valence electrons. The Labute approximate surface area is 128 Å². The van der Waals surface area contributed by atoms with Crippen molar-refractivity contribution in [3.05, 3.63) is 0 Å². The Morgan fingerprint density at radius 1 is 1.38 bits per heavy atom. The molecule has 1 heterocycles. The van der Waals surface area contributed by atoms with Gasteiger partial charge >= 0.3 is 0 Å². The molecule has 5 heteroatoms. The van der Waals surface area contributed by atoms with E-state index in [4.69, 9.17) is 10.5 Å². The van der Waals surface area contributed by atoms with Gasteiger partial charge in [0.1, 0.15) is 0 Å². The van der Waals surface area contributed by atoms with Gasteiger partial charge in [-0.05, 0) is 51.5 Å². The van der Waals surface area contributed by atoms with E-state index in [0.29, 0.717) is 12.1 Å². The van der Waals surface area contributed by atoms with Crippen molar-refractivity contribution in [2.24, 2.45) is 5.73 Å². The van der Waals surface area contributed by atoms with Gasteiger partial charge < -0.3 is 20.7 Å². The number of piperidine rings is 1. The molecule has 2 rings (SSSR count). The number of nitrogens with two attached hydrogens (primary N) is 1. The van der Waals surface area contributed by atoms with Gasteiger partial charge in [-0.15, -0.1) is 0 Å². The standard InChI is InChI=1S/C16H31N3O2/c1-3-9-18-16(15(17)20)8-4-5-13(12-16)19-10-6-14(21-2)7-11-19/h13-14,18H,3-12H2,1-2H3,(H2,17,20). The van der Waals surface area contributed by atoms with E-state index in [0.717, 1.165) is 58.2 Å². The number of rotatable bonds is 6. The molecular weight excluding hydrogens is 266 g/mol. The number of carbonyl (C=O) groups excluding carboxylic acids is 1. The van der Waals surface area contributed by atoms with Crippen LogP contribution in [0, 0.1) is 0 Å². The molecule has 2 atom stereocenters. The van der Waals surface area contributed by atoms with Crippen LogP contribution in [0.25, 0.3) is 0 Å². The Morgan fingerprint density at radius 3 is 2.67 bits per heavy atom. The molecule has 0 spiro atoms. The van der Waals surface area contributed by atoms with Crippen molar-refractivity contribution >= 4 is 5.91 Å². The zero-order chi connectivity index (χ0) is 15.3. The first kappa shape index (κ1) is 16.7. The highest BCUT2D eigenvalue weighted by Gasteiger charge is 2.42. The molecule has 0 bridgehead atoms. The van der Waals surface area contributed by atoms with Gasteiger partial charge in [0.15, 0.2) is 0 Å². The molecule has 0 aromatic rings. The first-order valence-electron chi connectivity index (χ1n) is 8.43. The summed E-state index contributed by atoms with van der Waals surface area (Å²) in [5, 5.41) is 3.45. The van der Waals surface area contributed by atoms with Crippen molar-refractivity contribution in [2.45, 2.75) is 69.6 Å². The minimum atomic E-state index is -0.489. The van der Waals surface area contributed by atoms with Crippen LogP contribution < -0.4 is 11.1 Å². The van der Waals surface area contributed by atoms with E-state index in [1.54, 1.807) is 7.11 Å². The average molecular weight is 297 g/mol. The number of nitrogens with one attached hydrogen (secondary N) is 1. The van der Waals surface area contributed by atoms with Crippen LogP contribution in [0.2, 0.25) is 0 Å². The summed E-state index contributed by atoms with van der Waals surface area (Å²) in [6.45, 7) is 5.14. The van der Waals surface area contributed by atoms with Gasteiger partial charge in [-0.2, -0.15) is 0 Å². The van der Waals surface area contributed by atoms with E-state index >= 15 is 0 Å². The number of nitrogens with zero attached hydrogens (tertiary/aromatic N) is 1. The number of hydrogen-bond donors (Lipinski definition) is 2. The van der Waals surface area contributed by atoms with Crippen LogP contribution in [0.15, 0.2) is 0 Å². The minimum Gasteiger partial charge on any atom is -0.381 e. The number of amides is 1. The van der Waals surface area contributed by atoms with Crippen molar-refractivity contribution in [1.29, 1.82) is 0 Å². The molecule has 1 saturated carbocycles. The highest BCUT2D eigenvalue weighted by atomic mass is 16.5. The highest BCUT2D eigenvalue weighted by molar-refractivity contribution is 5.84. The predicted octanol–water partition coefficient (Wildman–Crippen LogP) is 1.26. The average Bonchev–Trinajstić information content (AvgIpc) is 2.53. The highest BCUT2D eigenvalue weighted by Crippen LogP contribution is 2.32. The largest absolute Gasteiger partial charge is 0.381 e. The third kappa shape index (κ3) is 3.96. The molecule has 0 aromatic heterocycles. The molecule has 1 aliphatic carbocycles. The van der Waals surface area contributed by atoms with Crippen LogP contribution in [0.3, 0.4) is 0 Å². The van der Waals surface area contributed by atoms with Crippen LogP contribution in [0.5, 0.6) is 0 Å². The van der Waals surface area contributed by atoms with E-state index in [9.17, 15) is 4.79 Å². The zero-order valence-electron chi connectivity index (χ0n) is 13.6. The Hall–Kier alpha value is -0.650. The monoisotopic (exact) mass is 297 g/mol. The SMILES string of the molecule is CCCNC1(C(N)=O)CCCC(N2CCC(OC)CC2)C1. The maximum Gasteiger partial charge on any atom is 0.237 e. The van der Waals surface area contributed by atoms with Crippen LogP contribution in [-0.2, 0) is 9.53 Å². The molecule has 1 aliphatic heterocycles. The number of hydrogen-bond acceptors (Lipinski definition) is 4. The van der Waals surface area contributed by atoms with E-state index < -0.39 is 5.54 Å². The third-order valence-corrected chi connectivity index (χ3v) is 5.24. The van der Waals surface area contributed by atoms with Gasteiger partial charge in [-0.1, -0.05) is 6.92 Å². The fourth-order valence-corrected chi connectivity index (χ4v) is 3.87. The molecule has 0 radical (unpaired) electrons. The first-order chi connectivity index (χ1) is 10.1. The van der Waals surface area contributed by atoms with Crippen molar-refractivity contribution in [2.75, 3.05) is 26.7 Å². The van der Waals surface area contributed by atoms with Crippen LogP contribution in [0.4, 0.5) is 0 Å². The van der Waals surface area contributed by atoms with E-state index in [1.165, 1.54) is 6.42 Å². The maximum absolute atomic E-state index is 12.0. The Kier molecular flexibility index (Phi) is 6.02. The molecule has 2 aliphatic rings. The van der Waals surface area contributed by atoms with Crippen LogP contribution in [0.1, 0.15) is 51.9 Å². The van der Waals surface area contributed by atoms with Crippen LogP contribution in [-0.4, -0.2) is 55.2 Å². The second kappa shape index (κ2) is 7.56. The lowest BCUT2D eigenvalue weighted by Gasteiger charge is -2.45. The van der Waals surface area contributed by atoms with E-state index in [-0.39, 0.29) is 5.91 Å². The summed E-state index contributed by atoms with van der Waals surface area (Å²) in [7, 11) is 1.80. The molecule has 1 amide bonds. The van der Waals surface area contributed by atoms with Crippen LogP contribution >= 0.6 is 0 Å².